The SMILES string of the molecule is CCCCCCCC[N-]CCCCCCCC.CCCCCCCC[N-]CCCCCCCC.CCCCCCCC[N-]CCCCCCCC.CCCCO.[Ti+3]. The monoisotopic (exact) mass is 843 g/mol. The first kappa shape index (κ1) is 66.6. The van der Waals surface area contributed by atoms with Crippen LogP contribution < -0.4 is 0 Å². The molecule has 0 heterocycles. The summed E-state index contributed by atoms with van der Waals surface area (Å²) in [6, 6.07) is 0. The first-order valence-corrected chi connectivity index (χ1v) is 26.2. The summed E-state index contributed by atoms with van der Waals surface area (Å²) < 4.78 is 0. The zero-order chi connectivity index (χ0) is 41.9. The van der Waals surface area contributed by atoms with Gasteiger partial charge in [-0.1, -0.05) is 286 Å². The molecular weight excluding hydrogens is 730 g/mol. The first-order valence-electron chi connectivity index (χ1n) is 26.2. The smallest absolute Gasteiger partial charge is 0.662 e. The van der Waals surface area contributed by atoms with Crippen LogP contribution in [0.15, 0.2) is 0 Å². The molecule has 0 fully saturated rings. The molecule has 0 aliphatic carbocycles. The molecule has 0 bridgehead atoms. The predicted octanol–water partition coefficient (Wildman–Crippen LogP) is 19.0. The Kier molecular flexibility index (Phi) is 86.6. The summed E-state index contributed by atoms with van der Waals surface area (Å²) in [4.78, 5) is 0. The molecule has 0 aromatic rings. The van der Waals surface area contributed by atoms with Crippen LogP contribution in [-0.2, 0) is 21.7 Å². The maximum absolute atomic E-state index is 8.07. The van der Waals surface area contributed by atoms with Crippen molar-refractivity contribution in [3.8, 4) is 0 Å². The fraction of sp³-hybridized carbons (Fsp3) is 1.00. The molecular formula is C52H112N3OTi. The van der Waals surface area contributed by atoms with Crippen molar-refractivity contribution in [1.29, 1.82) is 0 Å². The van der Waals surface area contributed by atoms with Crippen LogP contribution in [0.1, 0.15) is 292 Å². The molecule has 4 nitrogen and oxygen atoms in total. The maximum atomic E-state index is 8.07. The molecule has 345 valence electrons. The number of aliphatic hydroxyl groups is 1. The molecule has 1 radical (unpaired) electrons. The second-order valence-corrected chi connectivity index (χ2v) is 16.7. The van der Waals surface area contributed by atoms with Gasteiger partial charge in [-0.05, 0) is 6.42 Å². The summed E-state index contributed by atoms with van der Waals surface area (Å²) >= 11 is 0. The Morgan fingerprint density at radius 2 is 0.351 bits per heavy atom. The van der Waals surface area contributed by atoms with Crippen molar-refractivity contribution in [2.45, 2.75) is 292 Å². The molecule has 0 saturated heterocycles. The van der Waals surface area contributed by atoms with E-state index in [0.717, 1.165) is 52.1 Å². The molecule has 0 aliphatic heterocycles. The molecule has 0 saturated carbocycles. The number of hydrogen-bond acceptors (Lipinski definition) is 1. The van der Waals surface area contributed by atoms with Crippen LogP contribution in [0.4, 0.5) is 0 Å². The molecule has 57 heavy (non-hydrogen) atoms. The van der Waals surface area contributed by atoms with E-state index in [1.54, 1.807) is 0 Å². The summed E-state index contributed by atoms with van der Waals surface area (Å²) in [5.74, 6) is 0. The fourth-order valence-electron chi connectivity index (χ4n) is 6.52. The van der Waals surface area contributed by atoms with Crippen LogP contribution in [0.25, 0.3) is 16.0 Å². The summed E-state index contributed by atoms with van der Waals surface area (Å²) in [5.41, 5.74) is 0. The summed E-state index contributed by atoms with van der Waals surface area (Å²) in [5, 5.41) is 21.9. The molecule has 1 N–H and O–H groups in total. The van der Waals surface area contributed by atoms with Crippen molar-refractivity contribution < 1.29 is 26.8 Å². The summed E-state index contributed by atoms with van der Waals surface area (Å²) in [7, 11) is 0. The van der Waals surface area contributed by atoms with Crippen LogP contribution in [-0.4, -0.2) is 51.0 Å². The number of nitrogens with zero attached hydrogens (tertiary/aromatic N) is 3. The minimum atomic E-state index is 0. The number of unbranched alkanes of at least 4 members (excludes halogenated alkanes) is 31. The zero-order valence-electron chi connectivity index (χ0n) is 41.1. The van der Waals surface area contributed by atoms with Gasteiger partial charge in [0.2, 0.25) is 0 Å². The van der Waals surface area contributed by atoms with Crippen molar-refractivity contribution in [3.63, 3.8) is 0 Å². The average Bonchev–Trinajstić information content (AvgIpc) is 3.21. The van der Waals surface area contributed by atoms with E-state index in [9.17, 15) is 0 Å². The Hall–Kier alpha value is 0.554. The normalized spacial score (nSPS) is 10.5. The van der Waals surface area contributed by atoms with E-state index in [1.807, 2.05) is 0 Å². The average molecular weight is 843 g/mol. The first-order chi connectivity index (χ1) is 27.7. The summed E-state index contributed by atoms with van der Waals surface area (Å²) in [6.07, 6.45) is 51.9. The quantitative estimate of drug-likeness (QED) is 0.0482. The van der Waals surface area contributed by atoms with Gasteiger partial charge in [0.15, 0.2) is 0 Å². The van der Waals surface area contributed by atoms with Gasteiger partial charge in [-0.2, -0.15) is 0 Å². The number of hydrogen-bond donors (Lipinski definition) is 1. The third-order valence-corrected chi connectivity index (χ3v) is 10.5. The van der Waals surface area contributed by atoms with Crippen LogP contribution in [0, 0.1) is 0 Å². The van der Waals surface area contributed by atoms with Gasteiger partial charge in [0.05, 0.1) is 0 Å². The van der Waals surface area contributed by atoms with E-state index < -0.39 is 0 Å². The van der Waals surface area contributed by atoms with Gasteiger partial charge in [0, 0.05) is 6.61 Å². The second-order valence-electron chi connectivity index (χ2n) is 16.7. The maximum Gasteiger partial charge on any atom is 3.00 e. The van der Waals surface area contributed by atoms with Crippen molar-refractivity contribution in [3.05, 3.63) is 16.0 Å². The van der Waals surface area contributed by atoms with E-state index in [2.05, 4.69) is 64.4 Å². The Morgan fingerprint density at radius 1 is 0.211 bits per heavy atom. The molecule has 0 aliphatic rings. The van der Waals surface area contributed by atoms with Gasteiger partial charge >= 0.3 is 21.7 Å². The van der Waals surface area contributed by atoms with Gasteiger partial charge in [-0.15, -0.1) is 39.3 Å². The Balaban J connectivity index is -0.000000221. The molecule has 0 amide bonds. The van der Waals surface area contributed by atoms with Crippen LogP contribution in [0.2, 0.25) is 0 Å². The van der Waals surface area contributed by atoms with Crippen molar-refractivity contribution in [2.75, 3.05) is 45.9 Å². The van der Waals surface area contributed by atoms with Gasteiger partial charge in [-0.3, -0.25) is 0 Å². The van der Waals surface area contributed by atoms with Crippen LogP contribution >= 0.6 is 0 Å². The molecule has 0 aromatic heterocycles. The van der Waals surface area contributed by atoms with E-state index >= 15 is 0 Å². The van der Waals surface area contributed by atoms with Crippen molar-refractivity contribution in [2.24, 2.45) is 0 Å². The van der Waals surface area contributed by atoms with Crippen LogP contribution in [0.5, 0.6) is 0 Å². The van der Waals surface area contributed by atoms with Gasteiger partial charge in [-0.25, -0.2) is 0 Å². The van der Waals surface area contributed by atoms with E-state index in [-0.39, 0.29) is 21.7 Å². The van der Waals surface area contributed by atoms with E-state index in [0.29, 0.717) is 6.61 Å². The number of aliphatic hydroxyl groups excluding tert-OH is 1. The predicted molar refractivity (Wildman–Crippen MR) is 262 cm³/mol. The zero-order valence-corrected chi connectivity index (χ0v) is 42.7. The van der Waals surface area contributed by atoms with Crippen molar-refractivity contribution >= 4 is 0 Å². The summed E-state index contributed by atoms with van der Waals surface area (Å²) in [6.45, 7) is 22.7. The molecule has 0 atom stereocenters. The minimum Gasteiger partial charge on any atom is -0.662 e. The van der Waals surface area contributed by atoms with Crippen LogP contribution in [0.3, 0.4) is 0 Å². The standard InChI is InChI=1S/3C16H34N.C4H10O.Ti/c3*1-3-5-7-9-11-13-15-17-16-14-12-10-8-6-4-2;1-2-3-4-5;/h3*3-16H2,1-2H3;5H,2-4H2,1H3;/q3*-1;;+3. The molecule has 0 spiro atoms. The molecule has 0 rings (SSSR count). The topological polar surface area (TPSA) is 62.5 Å². The minimum absolute atomic E-state index is 0. The van der Waals surface area contributed by atoms with Crippen molar-refractivity contribution in [1.82, 2.24) is 0 Å². The van der Waals surface area contributed by atoms with Gasteiger partial charge < -0.3 is 21.1 Å². The fourth-order valence-corrected chi connectivity index (χ4v) is 6.52. The number of rotatable bonds is 44. The Labute approximate surface area is 379 Å². The Morgan fingerprint density at radius 3 is 0.474 bits per heavy atom. The molecule has 0 unspecified atom stereocenters. The van der Waals surface area contributed by atoms with Gasteiger partial charge in [0.25, 0.3) is 0 Å². The third-order valence-electron chi connectivity index (χ3n) is 10.5. The van der Waals surface area contributed by atoms with E-state index in [1.165, 1.54) is 231 Å². The van der Waals surface area contributed by atoms with Gasteiger partial charge in [0.1, 0.15) is 0 Å². The Bertz CT molecular complexity index is 452. The van der Waals surface area contributed by atoms with E-state index in [4.69, 9.17) is 5.11 Å². The molecule has 5 heteroatoms. The molecule has 0 aromatic carbocycles. The largest absolute Gasteiger partial charge is 3.00 e. The third kappa shape index (κ3) is 84.8. The second kappa shape index (κ2) is 74.0.